The largest absolute Gasteiger partial charge is 0.411 e. The molecule has 0 atom stereocenters. The first-order chi connectivity index (χ1) is 13.7. The SMILES string of the molecule is Cc1ccccc1NC(=O)CCSc1nnc(-c2ccc3ccccc3c2)o1. The number of aryl methyl sites for hydroxylation is 1. The molecule has 1 aromatic heterocycles. The fraction of sp³-hybridized carbons (Fsp3) is 0.136. The first-order valence-electron chi connectivity index (χ1n) is 9.00. The number of rotatable bonds is 6. The van der Waals surface area contributed by atoms with Crippen LogP contribution in [0.15, 0.2) is 76.4 Å². The molecule has 0 aliphatic heterocycles. The van der Waals surface area contributed by atoms with Crippen LogP contribution in [0.4, 0.5) is 5.69 Å². The van der Waals surface area contributed by atoms with Gasteiger partial charge in [0.1, 0.15) is 0 Å². The summed E-state index contributed by atoms with van der Waals surface area (Å²) in [5.74, 6) is 1.02. The van der Waals surface area contributed by atoms with Gasteiger partial charge in [0.2, 0.25) is 11.8 Å². The van der Waals surface area contributed by atoms with Gasteiger partial charge in [-0.3, -0.25) is 4.79 Å². The van der Waals surface area contributed by atoms with Crippen LogP contribution in [0, 0.1) is 6.92 Å². The fourth-order valence-corrected chi connectivity index (χ4v) is 3.56. The molecule has 1 heterocycles. The van der Waals surface area contributed by atoms with E-state index in [1.165, 1.54) is 17.1 Å². The number of nitrogens with zero attached hydrogens (tertiary/aromatic N) is 2. The summed E-state index contributed by atoms with van der Waals surface area (Å²) in [7, 11) is 0. The molecule has 3 aromatic carbocycles. The number of hydrogen-bond donors (Lipinski definition) is 1. The van der Waals surface area contributed by atoms with Gasteiger partial charge in [-0.2, -0.15) is 0 Å². The number of thioether (sulfide) groups is 1. The number of fused-ring (bicyclic) bond motifs is 1. The van der Waals surface area contributed by atoms with Crippen molar-refractivity contribution in [2.45, 2.75) is 18.6 Å². The van der Waals surface area contributed by atoms with Crippen LogP contribution in [0.5, 0.6) is 0 Å². The summed E-state index contributed by atoms with van der Waals surface area (Å²) in [5, 5.41) is 13.9. The maximum Gasteiger partial charge on any atom is 0.276 e. The molecule has 0 spiro atoms. The zero-order chi connectivity index (χ0) is 19.3. The van der Waals surface area contributed by atoms with Crippen molar-refractivity contribution in [1.82, 2.24) is 10.2 Å². The van der Waals surface area contributed by atoms with Gasteiger partial charge in [0.05, 0.1) is 0 Å². The van der Waals surface area contributed by atoms with E-state index in [2.05, 4.69) is 27.6 Å². The first-order valence-corrected chi connectivity index (χ1v) is 9.98. The Hall–Kier alpha value is -3.12. The van der Waals surface area contributed by atoms with Crippen molar-refractivity contribution in [2.75, 3.05) is 11.1 Å². The van der Waals surface area contributed by atoms with Gasteiger partial charge in [-0.25, -0.2) is 0 Å². The second kappa shape index (κ2) is 8.27. The lowest BCUT2D eigenvalue weighted by atomic mass is 10.1. The first kappa shape index (κ1) is 18.3. The molecule has 4 aromatic rings. The van der Waals surface area contributed by atoms with Gasteiger partial charge in [-0.05, 0) is 41.5 Å². The van der Waals surface area contributed by atoms with Gasteiger partial charge in [-0.15, -0.1) is 10.2 Å². The summed E-state index contributed by atoms with van der Waals surface area (Å²) in [6.07, 6.45) is 0.368. The van der Waals surface area contributed by atoms with Crippen molar-refractivity contribution in [2.24, 2.45) is 0 Å². The van der Waals surface area contributed by atoms with Crippen LogP contribution in [0.2, 0.25) is 0 Å². The molecule has 0 aliphatic rings. The van der Waals surface area contributed by atoms with E-state index in [1.807, 2.05) is 61.5 Å². The van der Waals surface area contributed by atoms with Gasteiger partial charge in [-0.1, -0.05) is 60.3 Å². The highest BCUT2D eigenvalue weighted by atomic mass is 32.2. The average molecular weight is 389 g/mol. The fourth-order valence-electron chi connectivity index (χ4n) is 2.86. The summed E-state index contributed by atoms with van der Waals surface area (Å²) in [4.78, 5) is 12.1. The van der Waals surface area contributed by atoms with E-state index in [0.29, 0.717) is 23.3 Å². The number of nitrogens with one attached hydrogen (secondary N) is 1. The van der Waals surface area contributed by atoms with E-state index in [-0.39, 0.29) is 5.91 Å². The molecule has 0 saturated carbocycles. The van der Waals surface area contributed by atoms with Crippen LogP contribution in [-0.2, 0) is 4.79 Å². The topological polar surface area (TPSA) is 68.0 Å². The highest BCUT2D eigenvalue weighted by Gasteiger charge is 2.11. The molecule has 5 nitrogen and oxygen atoms in total. The predicted molar refractivity (Wildman–Crippen MR) is 112 cm³/mol. The lowest BCUT2D eigenvalue weighted by Gasteiger charge is -2.07. The minimum atomic E-state index is -0.0314. The lowest BCUT2D eigenvalue weighted by molar-refractivity contribution is -0.115. The Kier molecular flexibility index (Phi) is 5.39. The van der Waals surface area contributed by atoms with Crippen LogP contribution in [0.3, 0.4) is 0 Å². The van der Waals surface area contributed by atoms with Gasteiger partial charge in [0.15, 0.2) is 0 Å². The van der Waals surface area contributed by atoms with Crippen molar-refractivity contribution in [3.05, 3.63) is 72.3 Å². The van der Waals surface area contributed by atoms with Crippen molar-refractivity contribution in [1.29, 1.82) is 0 Å². The molecule has 4 rings (SSSR count). The molecule has 0 fully saturated rings. The summed E-state index contributed by atoms with van der Waals surface area (Å²) >= 11 is 1.38. The van der Waals surface area contributed by atoms with Gasteiger partial charge in [0, 0.05) is 23.4 Å². The van der Waals surface area contributed by atoms with E-state index in [4.69, 9.17) is 4.42 Å². The zero-order valence-corrected chi connectivity index (χ0v) is 16.2. The number of amides is 1. The standard InChI is InChI=1S/C22H19N3O2S/c1-15-6-2-5-9-19(15)23-20(26)12-13-28-22-25-24-21(27-22)18-11-10-16-7-3-4-8-17(16)14-18/h2-11,14H,12-13H2,1H3,(H,23,26). The molecule has 0 unspecified atom stereocenters. The molecule has 28 heavy (non-hydrogen) atoms. The van der Waals surface area contributed by atoms with E-state index in [1.54, 1.807) is 0 Å². The highest BCUT2D eigenvalue weighted by molar-refractivity contribution is 7.99. The minimum absolute atomic E-state index is 0.0314. The molecule has 0 bridgehead atoms. The van der Waals surface area contributed by atoms with Crippen molar-refractivity contribution in [3.63, 3.8) is 0 Å². The number of hydrogen-bond acceptors (Lipinski definition) is 5. The van der Waals surface area contributed by atoms with Gasteiger partial charge in [0.25, 0.3) is 5.22 Å². The highest BCUT2D eigenvalue weighted by Crippen LogP contribution is 2.26. The third kappa shape index (κ3) is 4.23. The van der Waals surface area contributed by atoms with Crippen LogP contribution in [-0.4, -0.2) is 21.9 Å². The third-order valence-electron chi connectivity index (χ3n) is 4.38. The van der Waals surface area contributed by atoms with E-state index < -0.39 is 0 Å². The van der Waals surface area contributed by atoms with E-state index in [9.17, 15) is 4.79 Å². The molecule has 0 radical (unpaired) electrons. The monoisotopic (exact) mass is 389 g/mol. The number of carbonyl (C=O) groups is 1. The second-order valence-corrected chi connectivity index (χ2v) is 7.44. The summed E-state index contributed by atoms with van der Waals surface area (Å²) in [5.41, 5.74) is 2.77. The molecule has 1 N–H and O–H groups in total. The van der Waals surface area contributed by atoms with Gasteiger partial charge < -0.3 is 9.73 Å². The molecular formula is C22H19N3O2S. The van der Waals surface area contributed by atoms with Crippen LogP contribution in [0.25, 0.3) is 22.2 Å². The maximum atomic E-state index is 12.1. The maximum absolute atomic E-state index is 12.1. The zero-order valence-electron chi connectivity index (χ0n) is 15.4. The number of carbonyl (C=O) groups excluding carboxylic acids is 1. The molecule has 1 amide bonds. The van der Waals surface area contributed by atoms with E-state index >= 15 is 0 Å². The summed E-state index contributed by atoms with van der Waals surface area (Å²) in [6, 6.07) is 21.9. The van der Waals surface area contributed by atoms with Crippen molar-refractivity contribution >= 4 is 34.1 Å². The molecule has 140 valence electrons. The van der Waals surface area contributed by atoms with Gasteiger partial charge >= 0.3 is 0 Å². The minimum Gasteiger partial charge on any atom is -0.411 e. The Morgan fingerprint density at radius 3 is 2.64 bits per heavy atom. The molecule has 6 heteroatoms. The lowest BCUT2D eigenvalue weighted by Crippen LogP contribution is -2.12. The van der Waals surface area contributed by atoms with Crippen LogP contribution >= 0.6 is 11.8 Å². The van der Waals surface area contributed by atoms with E-state index in [0.717, 1.165) is 22.2 Å². The Labute approximate surface area is 167 Å². The van der Waals surface area contributed by atoms with Crippen molar-refractivity contribution < 1.29 is 9.21 Å². The Bertz CT molecular complexity index is 1120. The number of anilines is 1. The average Bonchev–Trinajstić information content (AvgIpc) is 3.18. The normalized spacial score (nSPS) is 10.9. The molecule has 0 saturated heterocycles. The number of benzene rings is 3. The number of aromatic nitrogens is 2. The Morgan fingerprint density at radius 1 is 1.00 bits per heavy atom. The predicted octanol–water partition coefficient (Wildman–Crippen LogP) is 5.32. The molecular weight excluding hydrogens is 370 g/mol. The Balaban J connectivity index is 1.34. The third-order valence-corrected chi connectivity index (χ3v) is 5.20. The quantitative estimate of drug-likeness (QED) is 0.452. The van der Waals surface area contributed by atoms with Crippen LogP contribution in [0.1, 0.15) is 12.0 Å². The second-order valence-electron chi connectivity index (χ2n) is 6.40. The summed E-state index contributed by atoms with van der Waals surface area (Å²) < 4.78 is 5.75. The molecule has 0 aliphatic carbocycles. The summed E-state index contributed by atoms with van der Waals surface area (Å²) in [6.45, 7) is 1.97. The Morgan fingerprint density at radius 2 is 1.79 bits per heavy atom. The number of para-hydroxylation sites is 1. The van der Waals surface area contributed by atoms with Crippen molar-refractivity contribution in [3.8, 4) is 11.5 Å². The van der Waals surface area contributed by atoms with Crippen LogP contribution < -0.4 is 5.32 Å². The smallest absolute Gasteiger partial charge is 0.276 e.